The second-order valence-corrected chi connectivity index (χ2v) is 9.88. The number of aromatic nitrogens is 2. The third-order valence-electron chi connectivity index (χ3n) is 6.60. The molecule has 35 heavy (non-hydrogen) atoms. The predicted molar refractivity (Wildman–Crippen MR) is 129 cm³/mol. The maximum Gasteiger partial charge on any atom is 0.205 e. The van der Waals surface area contributed by atoms with Gasteiger partial charge < -0.3 is 10.5 Å². The minimum Gasteiger partial charge on any atom is -0.444 e. The zero-order chi connectivity index (χ0) is 24.9. The molecule has 5 rings (SSSR count). The van der Waals surface area contributed by atoms with Gasteiger partial charge >= 0.3 is 0 Å². The Morgan fingerprint density at radius 3 is 2.63 bits per heavy atom. The molecule has 2 aromatic carbocycles. The number of ketones is 1. The molecule has 176 valence electrons. The third-order valence-corrected chi connectivity index (χ3v) is 6.60. The first-order valence-corrected chi connectivity index (χ1v) is 11.4. The normalized spacial score (nSPS) is 19.3. The number of Topliss-reactive ketones (excluding diaryl/α,β-unsaturated/α-hetero) is 1. The van der Waals surface area contributed by atoms with E-state index in [2.05, 4.69) is 6.07 Å². The van der Waals surface area contributed by atoms with Crippen molar-refractivity contribution in [2.75, 3.05) is 0 Å². The highest BCUT2D eigenvalue weighted by atomic mass is 19.1. The Kier molecular flexibility index (Phi) is 5.32. The number of nitrogens with two attached hydrogens (primary N) is 1. The van der Waals surface area contributed by atoms with Gasteiger partial charge in [-0.3, -0.25) is 4.79 Å². The summed E-state index contributed by atoms with van der Waals surface area (Å²) in [5, 5.41) is 14.8. The van der Waals surface area contributed by atoms with Crippen molar-refractivity contribution in [1.82, 2.24) is 9.78 Å². The number of hydrogen-bond acceptors (Lipinski definition) is 5. The maximum absolute atomic E-state index is 14.6. The molecule has 2 N–H and O–H groups in total. The molecule has 1 aliphatic heterocycles. The molecule has 0 spiro atoms. The molecule has 1 aliphatic carbocycles. The van der Waals surface area contributed by atoms with Crippen molar-refractivity contribution in [3.05, 3.63) is 94.5 Å². The number of aryl methyl sites for hydroxylation is 1. The van der Waals surface area contributed by atoms with Gasteiger partial charge in [-0.1, -0.05) is 44.2 Å². The molecular weight excluding hydrogens is 443 g/mol. The van der Waals surface area contributed by atoms with Crippen molar-refractivity contribution in [3.8, 4) is 23.0 Å². The Morgan fingerprint density at radius 1 is 1.20 bits per heavy atom. The van der Waals surface area contributed by atoms with Crippen molar-refractivity contribution in [3.63, 3.8) is 0 Å². The highest BCUT2D eigenvalue weighted by Gasteiger charge is 2.44. The molecule has 0 saturated carbocycles. The van der Waals surface area contributed by atoms with E-state index in [1.165, 1.54) is 6.07 Å². The Hall–Kier alpha value is -4.18. The molecular formula is C28H25FN4O2. The number of benzene rings is 2. The molecule has 6 nitrogen and oxygen atoms in total. The number of allylic oxidation sites excluding steroid dienone is 3. The van der Waals surface area contributed by atoms with Crippen LogP contribution in [-0.2, 0) is 9.53 Å². The fourth-order valence-corrected chi connectivity index (χ4v) is 4.87. The van der Waals surface area contributed by atoms with E-state index in [1.54, 1.807) is 29.9 Å². The number of nitrogens with zero attached hydrogens (tertiary/aromatic N) is 3. The molecule has 1 aromatic heterocycles. The quantitative estimate of drug-likeness (QED) is 0.553. The van der Waals surface area contributed by atoms with Gasteiger partial charge in [0.25, 0.3) is 0 Å². The molecule has 0 saturated heterocycles. The van der Waals surface area contributed by atoms with E-state index in [0.717, 1.165) is 5.69 Å². The average molecular weight is 469 g/mol. The van der Waals surface area contributed by atoms with Gasteiger partial charge in [0, 0.05) is 35.7 Å². The molecule has 1 atom stereocenters. The number of nitriles is 1. The summed E-state index contributed by atoms with van der Waals surface area (Å²) < 4.78 is 22.1. The summed E-state index contributed by atoms with van der Waals surface area (Å²) in [4.78, 5) is 13.4. The van der Waals surface area contributed by atoms with Crippen molar-refractivity contribution < 1.29 is 13.9 Å². The van der Waals surface area contributed by atoms with Crippen molar-refractivity contribution in [1.29, 1.82) is 5.26 Å². The van der Waals surface area contributed by atoms with Gasteiger partial charge in [-0.25, -0.2) is 9.07 Å². The highest BCUT2D eigenvalue weighted by molar-refractivity contribution is 6.00. The molecule has 2 heterocycles. The summed E-state index contributed by atoms with van der Waals surface area (Å²) >= 11 is 0. The van der Waals surface area contributed by atoms with Crippen molar-refractivity contribution >= 4 is 5.78 Å². The van der Waals surface area contributed by atoms with E-state index >= 15 is 0 Å². The number of hydrogen-bond donors (Lipinski definition) is 1. The molecule has 0 radical (unpaired) electrons. The first-order valence-electron chi connectivity index (χ1n) is 11.4. The van der Waals surface area contributed by atoms with Crippen LogP contribution in [0.2, 0.25) is 0 Å². The molecule has 0 bridgehead atoms. The van der Waals surface area contributed by atoms with Crippen LogP contribution in [0.5, 0.6) is 0 Å². The molecule has 3 aromatic rings. The van der Waals surface area contributed by atoms with Gasteiger partial charge in [0.1, 0.15) is 23.2 Å². The molecule has 0 unspecified atom stereocenters. The van der Waals surface area contributed by atoms with Gasteiger partial charge in [-0.2, -0.15) is 10.4 Å². The monoisotopic (exact) mass is 468 g/mol. The summed E-state index contributed by atoms with van der Waals surface area (Å²) in [5.41, 5.74) is 9.43. The average Bonchev–Trinajstić information content (AvgIpc) is 3.25. The van der Waals surface area contributed by atoms with Crippen LogP contribution in [0.3, 0.4) is 0 Å². The zero-order valence-corrected chi connectivity index (χ0v) is 19.8. The van der Waals surface area contributed by atoms with Crippen LogP contribution in [0.1, 0.15) is 43.7 Å². The van der Waals surface area contributed by atoms with Crippen LogP contribution in [0, 0.1) is 29.5 Å². The zero-order valence-electron chi connectivity index (χ0n) is 19.8. The first-order chi connectivity index (χ1) is 16.7. The van der Waals surface area contributed by atoms with E-state index in [9.17, 15) is 14.4 Å². The summed E-state index contributed by atoms with van der Waals surface area (Å²) in [6, 6.07) is 16.5. The second kappa shape index (κ2) is 8.24. The van der Waals surface area contributed by atoms with Crippen LogP contribution < -0.4 is 5.73 Å². The van der Waals surface area contributed by atoms with Gasteiger partial charge in [0.2, 0.25) is 5.88 Å². The Bertz CT molecular complexity index is 1460. The maximum atomic E-state index is 14.6. The highest BCUT2D eigenvalue weighted by Crippen LogP contribution is 2.49. The smallest absolute Gasteiger partial charge is 0.205 e. The van der Waals surface area contributed by atoms with Crippen molar-refractivity contribution in [2.45, 2.75) is 39.5 Å². The number of halogens is 1. The first kappa shape index (κ1) is 22.6. The molecule has 0 fully saturated rings. The summed E-state index contributed by atoms with van der Waals surface area (Å²) in [5.74, 6) is -0.740. The lowest BCUT2D eigenvalue weighted by molar-refractivity contribution is -0.119. The number of ether oxygens (including phenoxy) is 1. The van der Waals surface area contributed by atoms with Crippen molar-refractivity contribution in [2.24, 2.45) is 11.1 Å². The van der Waals surface area contributed by atoms with E-state index in [4.69, 9.17) is 15.6 Å². The fraction of sp³-hybridized carbons (Fsp3) is 0.250. The van der Waals surface area contributed by atoms with Crippen LogP contribution in [0.4, 0.5) is 4.39 Å². The van der Waals surface area contributed by atoms with Crippen LogP contribution in [0.15, 0.2) is 77.5 Å². The minimum atomic E-state index is -0.760. The standard InChI is InChI=1S/C28H25FN4O2/c1-16-9-10-17(11-21(16)29)26-20(15-33(32-26)18-7-5-4-6-8-18)24-19(14-30)27(31)35-23-13-28(2,3)12-22(34)25(23)24/h4-11,15,24H,12-13,31H2,1-3H3/t24-/m0/s1. The Labute approximate surface area is 203 Å². The molecule has 7 heteroatoms. The van der Waals surface area contributed by atoms with E-state index < -0.39 is 5.92 Å². The van der Waals surface area contributed by atoms with Gasteiger partial charge in [-0.15, -0.1) is 0 Å². The Morgan fingerprint density at radius 2 is 1.94 bits per heavy atom. The lowest BCUT2D eigenvalue weighted by atomic mass is 9.70. The summed E-state index contributed by atoms with van der Waals surface area (Å²) in [6.45, 7) is 5.69. The van der Waals surface area contributed by atoms with Crippen LogP contribution >= 0.6 is 0 Å². The minimum absolute atomic E-state index is 0.0183. The molecule has 0 amide bonds. The number of carbonyl (C=O) groups excluding carboxylic acids is 1. The predicted octanol–water partition coefficient (Wildman–Crippen LogP) is 5.44. The van der Waals surface area contributed by atoms with E-state index in [1.807, 2.05) is 44.2 Å². The second-order valence-electron chi connectivity index (χ2n) is 9.88. The number of para-hydroxylation sites is 1. The van der Waals surface area contributed by atoms with E-state index in [0.29, 0.717) is 46.6 Å². The summed E-state index contributed by atoms with van der Waals surface area (Å²) in [6.07, 6.45) is 2.64. The third kappa shape index (κ3) is 3.91. The number of rotatable bonds is 3. The lowest BCUT2D eigenvalue weighted by Crippen LogP contribution is -2.33. The Balaban J connectivity index is 1.78. The van der Waals surface area contributed by atoms with Crippen LogP contribution in [0.25, 0.3) is 16.9 Å². The lowest BCUT2D eigenvalue weighted by Gasteiger charge is -2.37. The van der Waals surface area contributed by atoms with E-state index in [-0.39, 0.29) is 28.5 Å². The van der Waals surface area contributed by atoms with Gasteiger partial charge in [0.15, 0.2) is 5.78 Å². The molecule has 2 aliphatic rings. The topological polar surface area (TPSA) is 93.9 Å². The van der Waals surface area contributed by atoms with Gasteiger partial charge in [-0.05, 0) is 36.1 Å². The summed E-state index contributed by atoms with van der Waals surface area (Å²) in [7, 11) is 0. The SMILES string of the molecule is Cc1ccc(-c2nn(-c3ccccc3)cc2[C@@H]2C(C#N)=C(N)OC3=C2C(=O)CC(C)(C)C3)cc1F. The largest absolute Gasteiger partial charge is 0.444 e. The number of carbonyl (C=O) groups is 1. The fourth-order valence-electron chi connectivity index (χ4n) is 4.87. The van der Waals surface area contributed by atoms with Gasteiger partial charge in [0.05, 0.1) is 17.3 Å². The van der Waals surface area contributed by atoms with Crippen LogP contribution in [-0.4, -0.2) is 15.6 Å².